The van der Waals surface area contributed by atoms with Crippen LogP contribution in [0.5, 0.6) is 0 Å². The molecule has 1 saturated heterocycles. The molecule has 0 bridgehead atoms. The fraction of sp³-hybridized carbons (Fsp3) is 0.700. The number of esters is 1. The Balaban J connectivity index is 2.41. The van der Waals surface area contributed by atoms with Crippen LogP contribution in [0.25, 0.3) is 0 Å². The second kappa shape index (κ2) is 5.48. The minimum atomic E-state index is -0.494. The summed E-state index contributed by atoms with van der Waals surface area (Å²) < 4.78 is 4.73. The number of hydrogen-bond acceptors (Lipinski definition) is 4. The molecule has 0 aromatic heterocycles. The summed E-state index contributed by atoms with van der Waals surface area (Å²) in [5, 5.41) is 2.56. The Kier molecular flexibility index (Phi) is 4.28. The molecule has 1 fully saturated rings. The van der Waals surface area contributed by atoms with Crippen molar-refractivity contribution >= 4 is 17.8 Å². The molecule has 6 nitrogen and oxygen atoms in total. The summed E-state index contributed by atoms with van der Waals surface area (Å²) in [7, 11) is 1.52. The average Bonchev–Trinajstić information content (AvgIpc) is 2.64. The summed E-state index contributed by atoms with van der Waals surface area (Å²) in [6.07, 6.45) is 0.856. The van der Waals surface area contributed by atoms with Crippen molar-refractivity contribution in [2.45, 2.75) is 25.8 Å². The van der Waals surface area contributed by atoms with E-state index in [2.05, 4.69) is 5.32 Å². The van der Waals surface area contributed by atoms with E-state index in [0.29, 0.717) is 19.4 Å². The monoisotopic (exact) mass is 228 g/mol. The number of amides is 2. The molecule has 0 radical (unpaired) electrons. The van der Waals surface area contributed by atoms with Gasteiger partial charge in [-0.3, -0.25) is 14.4 Å². The molecule has 16 heavy (non-hydrogen) atoms. The van der Waals surface area contributed by atoms with Gasteiger partial charge in [-0.05, 0) is 13.3 Å². The van der Waals surface area contributed by atoms with Crippen molar-refractivity contribution in [3.05, 3.63) is 0 Å². The lowest BCUT2D eigenvalue weighted by Gasteiger charge is -2.19. The molecule has 1 heterocycles. The van der Waals surface area contributed by atoms with Gasteiger partial charge in [-0.2, -0.15) is 0 Å². The molecular formula is C10H16N2O4. The Morgan fingerprint density at radius 1 is 1.56 bits per heavy atom. The summed E-state index contributed by atoms with van der Waals surface area (Å²) in [6, 6.07) is -0.494. The van der Waals surface area contributed by atoms with Crippen LogP contribution in [-0.2, 0) is 19.1 Å². The lowest BCUT2D eigenvalue weighted by atomic mass is 10.2. The van der Waals surface area contributed by atoms with E-state index in [9.17, 15) is 14.4 Å². The third-order valence-electron chi connectivity index (χ3n) is 2.34. The van der Waals surface area contributed by atoms with Crippen molar-refractivity contribution in [3.63, 3.8) is 0 Å². The van der Waals surface area contributed by atoms with Crippen LogP contribution < -0.4 is 5.32 Å². The van der Waals surface area contributed by atoms with Gasteiger partial charge < -0.3 is 15.0 Å². The van der Waals surface area contributed by atoms with Crippen LogP contribution in [0.1, 0.15) is 19.8 Å². The Bertz CT molecular complexity index is 303. The van der Waals surface area contributed by atoms with Gasteiger partial charge in [-0.15, -0.1) is 0 Å². The molecule has 1 N–H and O–H groups in total. The number of hydrogen-bond donors (Lipinski definition) is 1. The van der Waals surface area contributed by atoms with Crippen LogP contribution in [0.2, 0.25) is 0 Å². The van der Waals surface area contributed by atoms with Gasteiger partial charge in [-0.25, -0.2) is 0 Å². The topological polar surface area (TPSA) is 75.7 Å². The summed E-state index contributed by atoms with van der Waals surface area (Å²) in [5.74, 6) is -0.815. The van der Waals surface area contributed by atoms with Crippen molar-refractivity contribution in [1.29, 1.82) is 0 Å². The summed E-state index contributed by atoms with van der Waals surface area (Å²) in [5.41, 5.74) is 0. The highest BCUT2D eigenvalue weighted by Gasteiger charge is 2.30. The van der Waals surface area contributed by atoms with Crippen LogP contribution >= 0.6 is 0 Å². The molecule has 0 saturated carbocycles. The van der Waals surface area contributed by atoms with E-state index >= 15 is 0 Å². The standard InChI is InChI=1S/C10H16N2O4/c1-3-16-9(14)6-12(2)10(15)7-4-5-8(13)11-7/h7H,3-6H2,1-2H3,(H,11,13). The average molecular weight is 228 g/mol. The highest BCUT2D eigenvalue weighted by atomic mass is 16.5. The highest BCUT2D eigenvalue weighted by Crippen LogP contribution is 2.08. The molecule has 1 atom stereocenters. The predicted molar refractivity (Wildman–Crippen MR) is 55.4 cm³/mol. The van der Waals surface area contributed by atoms with Gasteiger partial charge >= 0.3 is 5.97 Å². The number of carbonyl (C=O) groups excluding carboxylic acids is 3. The van der Waals surface area contributed by atoms with Crippen molar-refractivity contribution in [1.82, 2.24) is 10.2 Å². The zero-order chi connectivity index (χ0) is 12.1. The summed E-state index contributed by atoms with van der Waals surface area (Å²) >= 11 is 0. The first-order valence-corrected chi connectivity index (χ1v) is 5.24. The first-order chi connectivity index (χ1) is 7.54. The van der Waals surface area contributed by atoms with Gasteiger partial charge in [0.2, 0.25) is 11.8 Å². The number of rotatable bonds is 4. The van der Waals surface area contributed by atoms with Crippen molar-refractivity contribution < 1.29 is 19.1 Å². The predicted octanol–water partition coefficient (Wildman–Crippen LogP) is -0.713. The minimum absolute atomic E-state index is 0.0843. The molecule has 1 aliphatic heterocycles. The van der Waals surface area contributed by atoms with E-state index in [1.165, 1.54) is 11.9 Å². The van der Waals surface area contributed by atoms with Gasteiger partial charge in [0.1, 0.15) is 12.6 Å². The molecule has 0 aliphatic carbocycles. The van der Waals surface area contributed by atoms with Gasteiger partial charge in [0.05, 0.1) is 6.61 Å². The maximum absolute atomic E-state index is 11.7. The fourth-order valence-corrected chi connectivity index (χ4v) is 1.54. The van der Waals surface area contributed by atoms with Crippen LogP contribution in [0, 0.1) is 0 Å². The van der Waals surface area contributed by atoms with Gasteiger partial charge in [0, 0.05) is 13.5 Å². The summed E-state index contributed by atoms with van der Waals surface area (Å²) in [6.45, 7) is 1.91. The second-order valence-electron chi connectivity index (χ2n) is 3.66. The van der Waals surface area contributed by atoms with Crippen LogP contribution in [0.4, 0.5) is 0 Å². The molecule has 1 rings (SSSR count). The van der Waals surface area contributed by atoms with Gasteiger partial charge in [-0.1, -0.05) is 0 Å². The number of likely N-dealkylation sites (N-methyl/N-ethyl adjacent to an activating group) is 1. The Morgan fingerprint density at radius 2 is 2.25 bits per heavy atom. The van der Waals surface area contributed by atoms with E-state index in [1.807, 2.05) is 0 Å². The number of nitrogens with one attached hydrogen (secondary N) is 1. The molecule has 2 amide bonds. The number of carbonyl (C=O) groups is 3. The zero-order valence-corrected chi connectivity index (χ0v) is 9.49. The lowest BCUT2D eigenvalue weighted by Crippen LogP contribution is -2.44. The zero-order valence-electron chi connectivity index (χ0n) is 9.49. The van der Waals surface area contributed by atoms with Crippen LogP contribution in [0.3, 0.4) is 0 Å². The number of nitrogens with zero attached hydrogens (tertiary/aromatic N) is 1. The molecule has 1 aliphatic rings. The van der Waals surface area contributed by atoms with E-state index in [4.69, 9.17) is 4.74 Å². The molecule has 1 unspecified atom stereocenters. The maximum atomic E-state index is 11.7. The summed E-state index contributed by atoms with van der Waals surface area (Å²) in [4.78, 5) is 35.1. The highest BCUT2D eigenvalue weighted by molar-refractivity contribution is 5.92. The van der Waals surface area contributed by atoms with E-state index < -0.39 is 12.0 Å². The van der Waals surface area contributed by atoms with Crippen LogP contribution in [-0.4, -0.2) is 48.9 Å². The SMILES string of the molecule is CCOC(=O)CN(C)C(=O)C1CCC(=O)N1. The Hall–Kier alpha value is -1.59. The number of ether oxygens (including phenoxy) is 1. The lowest BCUT2D eigenvalue weighted by molar-refractivity contribution is -0.148. The minimum Gasteiger partial charge on any atom is -0.465 e. The fourth-order valence-electron chi connectivity index (χ4n) is 1.54. The molecular weight excluding hydrogens is 212 g/mol. The first-order valence-electron chi connectivity index (χ1n) is 5.24. The van der Waals surface area contributed by atoms with E-state index in [0.717, 1.165) is 0 Å². The largest absolute Gasteiger partial charge is 0.465 e. The quantitative estimate of drug-likeness (QED) is 0.645. The third kappa shape index (κ3) is 3.22. The van der Waals surface area contributed by atoms with E-state index in [1.54, 1.807) is 6.92 Å². The van der Waals surface area contributed by atoms with Gasteiger partial charge in [0.15, 0.2) is 0 Å². The second-order valence-corrected chi connectivity index (χ2v) is 3.66. The Morgan fingerprint density at radius 3 is 2.75 bits per heavy atom. The molecule has 0 spiro atoms. The molecule has 0 aromatic carbocycles. The smallest absolute Gasteiger partial charge is 0.325 e. The van der Waals surface area contributed by atoms with Gasteiger partial charge in [0.25, 0.3) is 0 Å². The van der Waals surface area contributed by atoms with E-state index in [-0.39, 0.29) is 18.4 Å². The normalized spacial score (nSPS) is 19.1. The van der Waals surface area contributed by atoms with Crippen molar-refractivity contribution in [2.24, 2.45) is 0 Å². The van der Waals surface area contributed by atoms with Crippen molar-refractivity contribution in [3.8, 4) is 0 Å². The Labute approximate surface area is 93.9 Å². The molecule has 90 valence electrons. The molecule has 6 heteroatoms. The van der Waals surface area contributed by atoms with Crippen LogP contribution in [0.15, 0.2) is 0 Å². The third-order valence-corrected chi connectivity index (χ3v) is 2.34. The maximum Gasteiger partial charge on any atom is 0.325 e. The van der Waals surface area contributed by atoms with Crippen molar-refractivity contribution in [2.75, 3.05) is 20.2 Å². The molecule has 0 aromatic rings. The first kappa shape index (κ1) is 12.5.